The minimum absolute atomic E-state index is 0.729. The van der Waals surface area contributed by atoms with E-state index in [2.05, 4.69) is 49.2 Å². The van der Waals surface area contributed by atoms with Gasteiger partial charge in [-0.05, 0) is 63.9 Å². The van der Waals surface area contributed by atoms with Crippen molar-refractivity contribution in [3.05, 3.63) is 29.3 Å². The number of para-hydroxylation sites is 1. The molecule has 0 aromatic heterocycles. The smallest absolute Gasteiger partial charge is 0.125 e. The number of nitrogens with one attached hydrogen (secondary N) is 1. The third-order valence-corrected chi connectivity index (χ3v) is 4.37. The normalized spacial score (nSPS) is 16.4. The average molecular weight is 290 g/mol. The van der Waals surface area contributed by atoms with Crippen LogP contribution in [0.2, 0.25) is 0 Å². The highest BCUT2D eigenvalue weighted by atomic mass is 16.5. The van der Waals surface area contributed by atoms with Crippen LogP contribution in [0.3, 0.4) is 0 Å². The zero-order chi connectivity index (χ0) is 15.1. The molecular formula is C18H30N2O. The number of rotatable bonds is 7. The fourth-order valence-electron chi connectivity index (χ4n) is 3.23. The quantitative estimate of drug-likeness (QED) is 0.835. The molecule has 1 N–H and O–H groups in total. The lowest BCUT2D eigenvalue weighted by molar-refractivity contribution is 0.134. The van der Waals surface area contributed by atoms with E-state index in [4.69, 9.17) is 4.74 Å². The van der Waals surface area contributed by atoms with Gasteiger partial charge < -0.3 is 10.1 Å². The zero-order valence-electron chi connectivity index (χ0n) is 13.8. The highest BCUT2D eigenvalue weighted by Gasteiger charge is 2.20. The lowest BCUT2D eigenvalue weighted by Crippen LogP contribution is -2.45. The molecule has 1 heterocycles. The van der Waals surface area contributed by atoms with E-state index < -0.39 is 0 Å². The minimum Gasteiger partial charge on any atom is -0.492 e. The van der Waals surface area contributed by atoms with Crippen molar-refractivity contribution in [1.82, 2.24) is 10.2 Å². The monoisotopic (exact) mass is 290 g/mol. The van der Waals surface area contributed by atoms with Gasteiger partial charge in [0, 0.05) is 12.6 Å². The maximum absolute atomic E-state index is 6.08. The Labute approximate surface area is 129 Å². The first-order chi connectivity index (χ1) is 10.2. The maximum Gasteiger partial charge on any atom is 0.125 e. The highest BCUT2D eigenvalue weighted by molar-refractivity contribution is 5.39. The number of nitrogens with zero attached hydrogens (tertiary/aromatic N) is 1. The van der Waals surface area contributed by atoms with E-state index in [1.165, 1.54) is 36.9 Å². The van der Waals surface area contributed by atoms with Crippen molar-refractivity contribution in [3.63, 3.8) is 0 Å². The van der Waals surface area contributed by atoms with Crippen molar-refractivity contribution < 1.29 is 4.74 Å². The number of aryl methyl sites for hydroxylation is 2. The van der Waals surface area contributed by atoms with Crippen LogP contribution in [-0.2, 0) is 0 Å². The van der Waals surface area contributed by atoms with Crippen molar-refractivity contribution in [2.75, 3.05) is 32.8 Å². The molecule has 3 heteroatoms. The topological polar surface area (TPSA) is 24.5 Å². The molecule has 21 heavy (non-hydrogen) atoms. The predicted octanol–water partition coefficient (Wildman–Crippen LogP) is 3.15. The molecule has 0 saturated carbocycles. The Bertz CT molecular complexity index is 407. The first-order valence-electron chi connectivity index (χ1n) is 8.36. The maximum atomic E-state index is 6.08. The first-order valence-corrected chi connectivity index (χ1v) is 8.36. The lowest BCUT2D eigenvalue weighted by atomic mass is 10.0. The van der Waals surface area contributed by atoms with Gasteiger partial charge in [-0.3, -0.25) is 4.90 Å². The second-order valence-electron chi connectivity index (χ2n) is 6.09. The van der Waals surface area contributed by atoms with Gasteiger partial charge in [0.2, 0.25) is 0 Å². The Morgan fingerprint density at radius 2 is 1.81 bits per heavy atom. The van der Waals surface area contributed by atoms with Crippen molar-refractivity contribution in [3.8, 4) is 5.75 Å². The van der Waals surface area contributed by atoms with Gasteiger partial charge in [0.1, 0.15) is 12.4 Å². The number of piperidine rings is 1. The van der Waals surface area contributed by atoms with Crippen molar-refractivity contribution >= 4 is 0 Å². The SMILES string of the molecule is CCCN(CCOc1c(C)cccc1C)C1CCNCC1. The summed E-state index contributed by atoms with van der Waals surface area (Å²) in [6.07, 6.45) is 3.75. The minimum atomic E-state index is 0.729. The van der Waals surface area contributed by atoms with Crippen LogP contribution in [0.5, 0.6) is 5.75 Å². The van der Waals surface area contributed by atoms with Crippen LogP contribution in [0.25, 0.3) is 0 Å². The number of ether oxygens (including phenoxy) is 1. The van der Waals surface area contributed by atoms with Crippen molar-refractivity contribution in [2.45, 2.75) is 46.1 Å². The van der Waals surface area contributed by atoms with Gasteiger partial charge in [-0.2, -0.15) is 0 Å². The van der Waals surface area contributed by atoms with E-state index in [1.54, 1.807) is 0 Å². The fraction of sp³-hybridized carbons (Fsp3) is 0.667. The molecule has 0 spiro atoms. The molecule has 0 unspecified atom stereocenters. The van der Waals surface area contributed by atoms with Gasteiger partial charge in [-0.25, -0.2) is 0 Å². The molecule has 3 nitrogen and oxygen atoms in total. The molecule has 1 fully saturated rings. The van der Waals surface area contributed by atoms with Crippen LogP contribution in [0.15, 0.2) is 18.2 Å². The molecular weight excluding hydrogens is 260 g/mol. The summed E-state index contributed by atoms with van der Waals surface area (Å²) in [4.78, 5) is 2.62. The standard InChI is InChI=1S/C18H30N2O/c1-4-12-20(17-8-10-19-11-9-17)13-14-21-18-15(2)6-5-7-16(18)3/h5-7,17,19H,4,8-14H2,1-3H3. The molecule has 0 amide bonds. The van der Waals surface area contributed by atoms with E-state index in [-0.39, 0.29) is 0 Å². The van der Waals surface area contributed by atoms with Crippen LogP contribution in [0.1, 0.15) is 37.3 Å². The third-order valence-electron chi connectivity index (χ3n) is 4.37. The third kappa shape index (κ3) is 4.72. The van der Waals surface area contributed by atoms with Gasteiger partial charge in [0.05, 0.1) is 0 Å². The van der Waals surface area contributed by atoms with Gasteiger partial charge in [0.25, 0.3) is 0 Å². The molecule has 0 bridgehead atoms. The Balaban J connectivity index is 1.86. The summed E-state index contributed by atoms with van der Waals surface area (Å²) in [5.41, 5.74) is 2.47. The van der Waals surface area contributed by atoms with Crippen molar-refractivity contribution in [2.24, 2.45) is 0 Å². The average Bonchev–Trinajstić information content (AvgIpc) is 2.50. The molecule has 1 aliphatic heterocycles. The molecule has 2 rings (SSSR count). The summed E-state index contributed by atoms with van der Waals surface area (Å²) in [5.74, 6) is 1.07. The largest absolute Gasteiger partial charge is 0.492 e. The summed E-state index contributed by atoms with van der Waals surface area (Å²) in [6, 6.07) is 7.07. The van der Waals surface area contributed by atoms with Gasteiger partial charge in [-0.15, -0.1) is 0 Å². The Morgan fingerprint density at radius 3 is 2.43 bits per heavy atom. The Kier molecular flexibility index (Phi) is 6.52. The van der Waals surface area contributed by atoms with E-state index in [9.17, 15) is 0 Å². The van der Waals surface area contributed by atoms with Crippen LogP contribution >= 0.6 is 0 Å². The predicted molar refractivity (Wildman–Crippen MR) is 89.2 cm³/mol. The molecule has 1 aliphatic rings. The van der Waals surface area contributed by atoms with Gasteiger partial charge >= 0.3 is 0 Å². The molecule has 1 saturated heterocycles. The summed E-state index contributed by atoms with van der Waals surface area (Å²) in [5, 5.41) is 3.45. The number of hydrogen-bond acceptors (Lipinski definition) is 3. The van der Waals surface area contributed by atoms with Gasteiger partial charge in [0.15, 0.2) is 0 Å². The fourth-order valence-corrected chi connectivity index (χ4v) is 3.23. The van der Waals surface area contributed by atoms with E-state index in [0.717, 1.165) is 38.0 Å². The summed E-state index contributed by atoms with van der Waals surface area (Å²) < 4.78 is 6.08. The molecule has 1 aromatic carbocycles. The number of benzene rings is 1. The Hall–Kier alpha value is -1.06. The van der Waals surface area contributed by atoms with Gasteiger partial charge in [-0.1, -0.05) is 25.1 Å². The lowest BCUT2D eigenvalue weighted by Gasteiger charge is -2.34. The molecule has 0 atom stereocenters. The number of hydrogen-bond donors (Lipinski definition) is 1. The van der Waals surface area contributed by atoms with Crippen LogP contribution in [0, 0.1) is 13.8 Å². The zero-order valence-corrected chi connectivity index (χ0v) is 13.8. The second-order valence-corrected chi connectivity index (χ2v) is 6.09. The van der Waals surface area contributed by atoms with Crippen LogP contribution in [0.4, 0.5) is 0 Å². The summed E-state index contributed by atoms with van der Waals surface area (Å²) in [7, 11) is 0. The van der Waals surface area contributed by atoms with E-state index in [1.807, 2.05) is 0 Å². The van der Waals surface area contributed by atoms with Crippen LogP contribution < -0.4 is 10.1 Å². The molecule has 0 radical (unpaired) electrons. The summed E-state index contributed by atoms with van der Waals surface area (Å²) >= 11 is 0. The summed E-state index contributed by atoms with van der Waals surface area (Å²) in [6.45, 7) is 11.8. The van der Waals surface area contributed by atoms with E-state index in [0.29, 0.717) is 0 Å². The van der Waals surface area contributed by atoms with E-state index >= 15 is 0 Å². The second kappa shape index (κ2) is 8.40. The molecule has 1 aromatic rings. The van der Waals surface area contributed by atoms with Crippen LogP contribution in [-0.4, -0.2) is 43.7 Å². The first kappa shape index (κ1) is 16.3. The molecule has 0 aliphatic carbocycles. The Morgan fingerprint density at radius 1 is 1.14 bits per heavy atom. The highest BCUT2D eigenvalue weighted by Crippen LogP contribution is 2.22. The molecule has 118 valence electrons. The van der Waals surface area contributed by atoms with Crippen molar-refractivity contribution in [1.29, 1.82) is 0 Å².